The molecule has 1 aromatic carbocycles. The van der Waals surface area contributed by atoms with E-state index in [2.05, 4.69) is 15.6 Å². The first-order chi connectivity index (χ1) is 13.7. The molecule has 1 aromatic heterocycles. The topological polar surface area (TPSA) is 59.8 Å². The van der Waals surface area contributed by atoms with Crippen molar-refractivity contribution in [3.05, 3.63) is 47.3 Å². The Labute approximate surface area is 165 Å². The highest BCUT2D eigenvalue weighted by molar-refractivity contribution is 5.78. The molecule has 0 aliphatic carbocycles. The summed E-state index contributed by atoms with van der Waals surface area (Å²) in [6, 6.07) is 9.85. The predicted molar refractivity (Wildman–Crippen MR) is 105 cm³/mol. The van der Waals surface area contributed by atoms with Crippen molar-refractivity contribution in [2.45, 2.75) is 32.5 Å². The van der Waals surface area contributed by atoms with Crippen molar-refractivity contribution < 1.29 is 14.3 Å². The van der Waals surface area contributed by atoms with Gasteiger partial charge in [0, 0.05) is 32.8 Å². The molecular formula is C21H28N4O3. The molecule has 2 aliphatic heterocycles. The molecule has 0 saturated carbocycles. The Bertz CT molecular complexity index is 794. The van der Waals surface area contributed by atoms with Crippen molar-refractivity contribution in [2.75, 3.05) is 40.0 Å². The zero-order chi connectivity index (χ0) is 19.3. The van der Waals surface area contributed by atoms with Crippen LogP contribution in [0.4, 0.5) is 0 Å². The maximum Gasteiger partial charge on any atom is 0.227 e. The second-order valence-electron chi connectivity index (χ2n) is 7.43. The molecular weight excluding hydrogens is 356 g/mol. The fraction of sp³-hybridized carbons (Fsp3) is 0.524. The fourth-order valence-electron chi connectivity index (χ4n) is 3.83. The van der Waals surface area contributed by atoms with E-state index in [0.717, 1.165) is 68.5 Å². The summed E-state index contributed by atoms with van der Waals surface area (Å²) >= 11 is 0. The van der Waals surface area contributed by atoms with E-state index >= 15 is 0 Å². The number of aromatic nitrogens is 2. The highest BCUT2D eigenvalue weighted by Crippen LogP contribution is 2.18. The van der Waals surface area contributed by atoms with Gasteiger partial charge in [0.05, 0.1) is 44.6 Å². The second kappa shape index (κ2) is 8.75. The number of carbonyl (C=O) groups is 1. The van der Waals surface area contributed by atoms with Crippen LogP contribution in [0, 0.1) is 0 Å². The Kier molecular flexibility index (Phi) is 5.92. The molecule has 2 aromatic rings. The molecule has 0 radical (unpaired) electrons. The van der Waals surface area contributed by atoms with E-state index in [-0.39, 0.29) is 5.91 Å². The number of nitrogens with zero attached hydrogens (tertiary/aromatic N) is 4. The van der Waals surface area contributed by atoms with Crippen molar-refractivity contribution in [3.8, 4) is 5.75 Å². The number of amides is 1. The molecule has 1 amide bonds. The van der Waals surface area contributed by atoms with Crippen LogP contribution in [0.2, 0.25) is 0 Å². The SMILES string of the molecule is COc1ccc(CC(=O)N2CCn3nc(CN4CCCOCC4)cc3C2)cc1. The second-order valence-corrected chi connectivity index (χ2v) is 7.43. The molecule has 150 valence electrons. The van der Waals surface area contributed by atoms with Crippen LogP contribution in [0.25, 0.3) is 0 Å². The number of rotatable bonds is 5. The number of ether oxygens (including phenoxy) is 2. The number of benzene rings is 1. The molecule has 28 heavy (non-hydrogen) atoms. The van der Waals surface area contributed by atoms with Gasteiger partial charge in [0.1, 0.15) is 5.75 Å². The lowest BCUT2D eigenvalue weighted by Gasteiger charge is -2.27. The maximum absolute atomic E-state index is 12.7. The summed E-state index contributed by atoms with van der Waals surface area (Å²) in [6.45, 7) is 6.59. The molecule has 0 N–H and O–H groups in total. The molecule has 1 fully saturated rings. The van der Waals surface area contributed by atoms with Crippen molar-refractivity contribution in [1.82, 2.24) is 19.6 Å². The molecule has 0 atom stereocenters. The first-order valence-electron chi connectivity index (χ1n) is 9.97. The van der Waals surface area contributed by atoms with E-state index in [1.807, 2.05) is 29.2 Å². The molecule has 7 nitrogen and oxygen atoms in total. The average Bonchev–Trinajstić information content (AvgIpc) is 2.93. The summed E-state index contributed by atoms with van der Waals surface area (Å²) in [5.41, 5.74) is 3.21. The number of methoxy groups -OCH3 is 1. The minimum atomic E-state index is 0.156. The van der Waals surface area contributed by atoms with E-state index in [1.165, 1.54) is 0 Å². The van der Waals surface area contributed by atoms with Gasteiger partial charge in [-0.2, -0.15) is 5.10 Å². The number of hydrogen-bond donors (Lipinski definition) is 0. The number of fused-ring (bicyclic) bond motifs is 1. The molecule has 7 heteroatoms. The van der Waals surface area contributed by atoms with Crippen LogP contribution in [-0.2, 0) is 35.6 Å². The zero-order valence-electron chi connectivity index (χ0n) is 16.5. The van der Waals surface area contributed by atoms with Gasteiger partial charge < -0.3 is 14.4 Å². The monoisotopic (exact) mass is 384 g/mol. The quantitative estimate of drug-likeness (QED) is 0.785. The molecule has 0 bridgehead atoms. The van der Waals surface area contributed by atoms with Crippen molar-refractivity contribution in [2.24, 2.45) is 0 Å². The highest BCUT2D eigenvalue weighted by atomic mass is 16.5. The van der Waals surface area contributed by atoms with E-state index in [0.29, 0.717) is 19.5 Å². The van der Waals surface area contributed by atoms with E-state index in [1.54, 1.807) is 7.11 Å². The van der Waals surface area contributed by atoms with Gasteiger partial charge in [-0.25, -0.2) is 0 Å². The Morgan fingerprint density at radius 3 is 2.82 bits per heavy atom. The highest BCUT2D eigenvalue weighted by Gasteiger charge is 2.23. The molecule has 2 aliphatic rings. The minimum absolute atomic E-state index is 0.156. The van der Waals surface area contributed by atoms with Gasteiger partial charge in [-0.3, -0.25) is 14.4 Å². The third-order valence-electron chi connectivity index (χ3n) is 5.42. The lowest BCUT2D eigenvalue weighted by Crippen LogP contribution is -2.39. The van der Waals surface area contributed by atoms with E-state index < -0.39 is 0 Å². The molecule has 0 unspecified atom stereocenters. The molecule has 4 rings (SSSR count). The lowest BCUT2D eigenvalue weighted by atomic mass is 10.1. The third-order valence-corrected chi connectivity index (χ3v) is 5.42. The summed E-state index contributed by atoms with van der Waals surface area (Å²) < 4.78 is 12.8. The van der Waals surface area contributed by atoms with Crippen LogP contribution in [0.1, 0.15) is 23.4 Å². The van der Waals surface area contributed by atoms with Gasteiger partial charge in [0.15, 0.2) is 0 Å². The van der Waals surface area contributed by atoms with Gasteiger partial charge >= 0.3 is 0 Å². The van der Waals surface area contributed by atoms with Crippen molar-refractivity contribution in [3.63, 3.8) is 0 Å². The lowest BCUT2D eigenvalue weighted by molar-refractivity contribution is -0.132. The minimum Gasteiger partial charge on any atom is -0.497 e. The van der Waals surface area contributed by atoms with Crippen molar-refractivity contribution >= 4 is 5.91 Å². The summed E-state index contributed by atoms with van der Waals surface area (Å²) in [5, 5.41) is 4.75. The van der Waals surface area contributed by atoms with Crippen molar-refractivity contribution in [1.29, 1.82) is 0 Å². The zero-order valence-corrected chi connectivity index (χ0v) is 16.5. The summed E-state index contributed by atoms with van der Waals surface area (Å²) in [4.78, 5) is 17.1. The number of hydrogen-bond acceptors (Lipinski definition) is 5. The molecule has 3 heterocycles. The van der Waals surface area contributed by atoms with Crippen LogP contribution < -0.4 is 4.74 Å². The fourth-order valence-corrected chi connectivity index (χ4v) is 3.83. The van der Waals surface area contributed by atoms with Gasteiger partial charge in [-0.05, 0) is 30.2 Å². The van der Waals surface area contributed by atoms with Crippen LogP contribution in [0.15, 0.2) is 30.3 Å². The third kappa shape index (κ3) is 4.54. The standard InChI is InChI=1S/C21H28N4O3/c1-27-20-5-3-17(4-6-20)13-21(26)24-8-9-25-19(16-24)14-18(22-25)15-23-7-2-11-28-12-10-23/h3-6,14H,2,7-13,15-16H2,1H3. The number of carbonyl (C=O) groups excluding carboxylic acids is 1. The Balaban J connectivity index is 1.35. The summed E-state index contributed by atoms with van der Waals surface area (Å²) in [7, 11) is 1.64. The van der Waals surface area contributed by atoms with Crippen LogP contribution in [-0.4, -0.2) is 65.4 Å². The molecule has 1 saturated heterocycles. The van der Waals surface area contributed by atoms with Gasteiger partial charge in [-0.15, -0.1) is 0 Å². The van der Waals surface area contributed by atoms with E-state index in [4.69, 9.17) is 14.6 Å². The average molecular weight is 384 g/mol. The first kappa shape index (κ1) is 19.0. The normalized spacial score (nSPS) is 17.8. The van der Waals surface area contributed by atoms with Gasteiger partial charge in [0.25, 0.3) is 0 Å². The Hall–Kier alpha value is -2.38. The summed E-state index contributed by atoms with van der Waals surface area (Å²) in [5.74, 6) is 0.963. The van der Waals surface area contributed by atoms with Crippen LogP contribution in [0.5, 0.6) is 5.75 Å². The predicted octanol–water partition coefficient (Wildman–Crippen LogP) is 1.70. The summed E-state index contributed by atoms with van der Waals surface area (Å²) in [6.07, 6.45) is 1.49. The Morgan fingerprint density at radius 1 is 1.14 bits per heavy atom. The first-order valence-corrected chi connectivity index (χ1v) is 9.97. The van der Waals surface area contributed by atoms with Crippen LogP contribution in [0.3, 0.4) is 0 Å². The van der Waals surface area contributed by atoms with E-state index in [9.17, 15) is 4.79 Å². The maximum atomic E-state index is 12.7. The molecule has 0 spiro atoms. The van der Waals surface area contributed by atoms with Crippen LogP contribution >= 0.6 is 0 Å². The van der Waals surface area contributed by atoms with Gasteiger partial charge in [0.2, 0.25) is 5.91 Å². The van der Waals surface area contributed by atoms with Gasteiger partial charge in [-0.1, -0.05) is 12.1 Å². The Morgan fingerprint density at radius 2 is 2.00 bits per heavy atom. The smallest absolute Gasteiger partial charge is 0.227 e. The largest absolute Gasteiger partial charge is 0.497 e.